The minimum Gasteiger partial charge on any atom is -0.401 e. The van der Waals surface area contributed by atoms with Crippen molar-refractivity contribution in [3.05, 3.63) is 15.5 Å². The number of nitrogens with two attached hydrogens (primary N) is 1. The summed E-state index contributed by atoms with van der Waals surface area (Å²) in [6.07, 6.45) is -3.77. The van der Waals surface area contributed by atoms with Crippen molar-refractivity contribution in [1.29, 1.82) is 5.26 Å². The predicted octanol–water partition coefficient (Wildman–Crippen LogP) is 2.04. The maximum absolute atomic E-state index is 12.0. The molecule has 4 nitrogen and oxygen atoms in total. The van der Waals surface area contributed by atoms with Crippen molar-refractivity contribution in [3.63, 3.8) is 0 Å². The average molecular weight is 329 g/mol. The summed E-state index contributed by atoms with van der Waals surface area (Å²) in [5, 5.41) is 8.53. The van der Waals surface area contributed by atoms with Crippen molar-refractivity contribution in [3.8, 4) is 11.8 Å². The molecule has 1 aromatic rings. The average Bonchev–Trinajstić information content (AvgIpc) is 2.11. The molecular weight excluding hydrogens is 326 g/mol. The maximum atomic E-state index is 12.0. The molecule has 0 saturated heterocycles. The van der Waals surface area contributed by atoms with Gasteiger partial charge in [0.25, 0.3) is 0 Å². The number of hydrogen-bond donors (Lipinski definition) is 1. The number of pyridine rings is 1. The van der Waals surface area contributed by atoms with Crippen molar-refractivity contribution in [2.24, 2.45) is 0 Å². The first-order chi connectivity index (χ1) is 6.85. The Hall–Kier alpha value is -1.24. The third kappa shape index (κ3) is 2.85. The van der Waals surface area contributed by atoms with E-state index in [1.165, 1.54) is 6.07 Å². The second-order valence-corrected chi connectivity index (χ2v) is 3.44. The first kappa shape index (κ1) is 11.8. The molecule has 2 N–H and O–H groups in total. The van der Waals surface area contributed by atoms with Crippen molar-refractivity contribution < 1.29 is 17.9 Å². The first-order valence-electron chi connectivity index (χ1n) is 3.45. The van der Waals surface area contributed by atoms with Gasteiger partial charge in [-0.25, -0.2) is 4.98 Å². The monoisotopic (exact) mass is 329 g/mol. The molecule has 0 aliphatic carbocycles. The van der Waals surface area contributed by atoms with Crippen LogP contribution >= 0.6 is 22.6 Å². The molecule has 0 bridgehead atoms. The van der Waals surface area contributed by atoms with E-state index in [0.717, 1.165) is 6.20 Å². The van der Waals surface area contributed by atoms with E-state index >= 15 is 0 Å². The summed E-state index contributed by atoms with van der Waals surface area (Å²) in [5.74, 6) is -0.661. The number of rotatable bonds is 1. The number of hydrogen-bond acceptors (Lipinski definition) is 4. The van der Waals surface area contributed by atoms with Gasteiger partial charge in [0.05, 0.1) is 15.5 Å². The Morgan fingerprint density at radius 1 is 1.53 bits per heavy atom. The molecule has 0 radical (unpaired) electrons. The topological polar surface area (TPSA) is 71.9 Å². The Labute approximate surface area is 96.0 Å². The molecule has 0 fully saturated rings. The molecule has 1 heterocycles. The highest BCUT2D eigenvalue weighted by molar-refractivity contribution is 14.1. The van der Waals surface area contributed by atoms with Crippen LogP contribution in [0.25, 0.3) is 0 Å². The van der Waals surface area contributed by atoms with Gasteiger partial charge in [0.15, 0.2) is 11.4 Å². The van der Waals surface area contributed by atoms with Crippen LogP contribution in [0, 0.1) is 14.9 Å². The lowest BCUT2D eigenvalue weighted by Gasteiger charge is -2.12. The number of alkyl halides is 3. The van der Waals surface area contributed by atoms with E-state index in [1.54, 1.807) is 22.6 Å². The van der Waals surface area contributed by atoms with Crippen LogP contribution in [0.4, 0.5) is 18.9 Å². The molecule has 8 heteroatoms. The molecule has 0 spiro atoms. The van der Waals surface area contributed by atoms with E-state index in [2.05, 4.69) is 9.72 Å². The largest absolute Gasteiger partial charge is 0.573 e. The van der Waals surface area contributed by atoms with Crippen LogP contribution in [-0.4, -0.2) is 11.3 Å². The molecule has 1 rings (SSSR count). The minimum atomic E-state index is -4.87. The number of nitriles is 1. The zero-order valence-corrected chi connectivity index (χ0v) is 9.13. The second kappa shape index (κ2) is 4.09. The number of halogens is 4. The standard InChI is InChI=1S/C7H3F3IN3O/c8-7(9,10)15-6-4(1-12)14-2-3(13)5(6)11/h2H,13H2. The van der Waals surface area contributed by atoms with Crippen LogP contribution in [0.2, 0.25) is 0 Å². The highest BCUT2D eigenvalue weighted by Crippen LogP contribution is 2.32. The lowest BCUT2D eigenvalue weighted by atomic mass is 10.3. The van der Waals surface area contributed by atoms with Gasteiger partial charge in [-0.15, -0.1) is 13.2 Å². The smallest absolute Gasteiger partial charge is 0.401 e. The van der Waals surface area contributed by atoms with Crippen molar-refractivity contribution in [2.75, 3.05) is 5.73 Å². The van der Waals surface area contributed by atoms with E-state index in [4.69, 9.17) is 11.0 Å². The third-order valence-corrected chi connectivity index (χ3v) is 2.44. The summed E-state index contributed by atoms with van der Waals surface area (Å²) >= 11 is 1.55. The third-order valence-electron chi connectivity index (χ3n) is 1.32. The summed E-state index contributed by atoms with van der Waals surface area (Å²) in [6.45, 7) is 0. The van der Waals surface area contributed by atoms with E-state index < -0.39 is 17.8 Å². The second-order valence-electron chi connectivity index (χ2n) is 2.36. The van der Waals surface area contributed by atoms with Crippen molar-refractivity contribution in [2.45, 2.75) is 6.36 Å². The molecule has 15 heavy (non-hydrogen) atoms. The number of ether oxygens (including phenoxy) is 1. The normalized spacial score (nSPS) is 10.9. The molecule has 0 aliphatic rings. The summed E-state index contributed by atoms with van der Waals surface area (Å²) in [5.41, 5.74) is 4.91. The van der Waals surface area contributed by atoms with Crippen LogP contribution in [0.15, 0.2) is 6.20 Å². The van der Waals surface area contributed by atoms with Crippen LogP contribution in [-0.2, 0) is 0 Å². The Morgan fingerprint density at radius 2 is 2.13 bits per heavy atom. The summed E-state index contributed by atoms with van der Waals surface area (Å²) in [6, 6.07) is 1.49. The fourth-order valence-corrected chi connectivity index (χ4v) is 1.28. The number of nitrogens with zero attached hydrogens (tertiary/aromatic N) is 2. The summed E-state index contributed by atoms with van der Waals surface area (Å²) in [4.78, 5) is 3.43. The highest BCUT2D eigenvalue weighted by atomic mass is 127. The predicted molar refractivity (Wildman–Crippen MR) is 52.8 cm³/mol. The molecule has 0 aliphatic heterocycles. The zero-order valence-electron chi connectivity index (χ0n) is 6.97. The number of aromatic nitrogens is 1. The van der Waals surface area contributed by atoms with E-state index in [9.17, 15) is 13.2 Å². The highest BCUT2D eigenvalue weighted by Gasteiger charge is 2.34. The van der Waals surface area contributed by atoms with E-state index in [0.29, 0.717) is 0 Å². The Morgan fingerprint density at radius 3 is 2.60 bits per heavy atom. The fourth-order valence-electron chi connectivity index (χ4n) is 0.773. The Bertz CT molecular complexity index is 427. The van der Waals surface area contributed by atoms with Gasteiger partial charge >= 0.3 is 6.36 Å². The van der Waals surface area contributed by atoms with E-state index in [1.807, 2.05) is 0 Å². The van der Waals surface area contributed by atoms with Gasteiger partial charge in [0.2, 0.25) is 0 Å². The molecule has 0 unspecified atom stereocenters. The van der Waals surface area contributed by atoms with Crippen molar-refractivity contribution in [1.82, 2.24) is 4.98 Å². The quantitative estimate of drug-likeness (QED) is 0.801. The number of nitrogen functional groups attached to an aromatic ring is 1. The zero-order chi connectivity index (χ0) is 11.6. The van der Waals surface area contributed by atoms with Crippen LogP contribution in [0.1, 0.15) is 5.69 Å². The van der Waals surface area contributed by atoms with E-state index in [-0.39, 0.29) is 9.26 Å². The lowest BCUT2D eigenvalue weighted by Crippen LogP contribution is -2.19. The van der Waals surface area contributed by atoms with Crippen LogP contribution in [0.3, 0.4) is 0 Å². The Kier molecular flexibility index (Phi) is 3.23. The van der Waals surface area contributed by atoms with Gasteiger partial charge in [-0.05, 0) is 22.6 Å². The molecule has 0 aromatic carbocycles. The van der Waals surface area contributed by atoms with Gasteiger partial charge < -0.3 is 10.5 Å². The Balaban J connectivity index is 3.26. The lowest BCUT2D eigenvalue weighted by molar-refractivity contribution is -0.275. The molecule has 0 atom stereocenters. The SMILES string of the molecule is N#Cc1ncc(N)c(I)c1OC(F)(F)F. The van der Waals surface area contributed by atoms with Crippen LogP contribution < -0.4 is 10.5 Å². The summed E-state index contributed by atoms with van der Waals surface area (Å²) in [7, 11) is 0. The molecule has 1 aromatic heterocycles. The van der Waals surface area contributed by atoms with Gasteiger partial charge in [-0.2, -0.15) is 5.26 Å². The van der Waals surface area contributed by atoms with Crippen molar-refractivity contribution >= 4 is 28.3 Å². The van der Waals surface area contributed by atoms with Gasteiger partial charge in [0, 0.05) is 0 Å². The van der Waals surface area contributed by atoms with Gasteiger partial charge in [-0.3, -0.25) is 0 Å². The van der Waals surface area contributed by atoms with Crippen LogP contribution in [0.5, 0.6) is 5.75 Å². The van der Waals surface area contributed by atoms with Gasteiger partial charge in [-0.1, -0.05) is 0 Å². The molecule has 0 saturated carbocycles. The number of anilines is 1. The fraction of sp³-hybridized carbons (Fsp3) is 0.143. The first-order valence-corrected chi connectivity index (χ1v) is 4.53. The molecule has 80 valence electrons. The molecular formula is C7H3F3IN3O. The summed E-state index contributed by atoms with van der Waals surface area (Å²) < 4.78 is 39.6. The molecule has 0 amide bonds. The van der Waals surface area contributed by atoms with Gasteiger partial charge in [0.1, 0.15) is 6.07 Å². The minimum absolute atomic E-state index is 0.0106. The maximum Gasteiger partial charge on any atom is 0.573 e.